The Kier molecular flexibility index (Phi) is 4.85. The van der Waals surface area contributed by atoms with Crippen molar-refractivity contribution in [3.8, 4) is 0 Å². The van der Waals surface area contributed by atoms with E-state index in [-0.39, 0.29) is 17.3 Å². The predicted molar refractivity (Wildman–Crippen MR) is 77.8 cm³/mol. The molecule has 0 bridgehead atoms. The fourth-order valence-corrected chi connectivity index (χ4v) is 2.20. The molecule has 116 valence electrons. The van der Waals surface area contributed by atoms with Crippen molar-refractivity contribution in [3.05, 3.63) is 71.0 Å². The van der Waals surface area contributed by atoms with Gasteiger partial charge >= 0.3 is 0 Å². The first-order chi connectivity index (χ1) is 10.4. The summed E-state index contributed by atoms with van der Waals surface area (Å²) in [6.45, 7) is 3.77. The van der Waals surface area contributed by atoms with Crippen LogP contribution in [0.3, 0.4) is 0 Å². The molecule has 0 aliphatic rings. The highest BCUT2D eigenvalue weighted by molar-refractivity contribution is 5.94. The molecule has 0 heterocycles. The fourth-order valence-electron chi connectivity index (χ4n) is 2.20. The molecule has 0 aliphatic carbocycles. The van der Waals surface area contributed by atoms with Crippen LogP contribution >= 0.6 is 0 Å². The van der Waals surface area contributed by atoms with Crippen LogP contribution in [0.25, 0.3) is 0 Å². The maximum absolute atomic E-state index is 13.7. The van der Waals surface area contributed by atoms with Crippen molar-refractivity contribution < 1.29 is 18.0 Å². The van der Waals surface area contributed by atoms with Crippen LogP contribution in [-0.2, 0) is 0 Å². The van der Waals surface area contributed by atoms with Crippen molar-refractivity contribution in [2.24, 2.45) is 5.92 Å². The zero-order valence-electron chi connectivity index (χ0n) is 12.2. The summed E-state index contributed by atoms with van der Waals surface area (Å²) in [5, 5.41) is 2.70. The quantitative estimate of drug-likeness (QED) is 0.900. The van der Waals surface area contributed by atoms with Gasteiger partial charge in [0.05, 0.1) is 11.6 Å². The molecule has 0 saturated carbocycles. The van der Waals surface area contributed by atoms with E-state index in [1.165, 1.54) is 12.1 Å². The Morgan fingerprint density at radius 3 is 2.09 bits per heavy atom. The van der Waals surface area contributed by atoms with E-state index >= 15 is 0 Å². The van der Waals surface area contributed by atoms with Crippen LogP contribution in [0.5, 0.6) is 0 Å². The first kappa shape index (κ1) is 16.1. The van der Waals surface area contributed by atoms with E-state index < -0.39 is 23.6 Å². The Balaban J connectivity index is 2.24. The van der Waals surface area contributed by atoms with Crippen molar-refractivity contribution in [2.45, 2.75) is 19.9 Å². The summed E-state index contributed by atoms with van der Waals surface area (Å²) in [5.74, 6) is -2.66. The van der Waals surface area contributed by atoms with Crippen LogP contribution in [-0.4, -0.2) is 5.91 Å². The molecule has 0 radical (unpaired) electrons. The molecule has 1 N–H and O–H groups in total. The lowest BCUT2D eigenvalue weighted by Gasteiger charge is -2.23. The molecule has 1 atom stereocenters. The lowest BCUT2D eigenvalue weighted by molar-refractivity contribution is 0.0921. The lowest BCUT2D eigenvalue weighted by atomic mass is 9.95. The summed E-state index contributed by atoms with van der Waals surface area (Å²) in [7, 11) is 0. The highest BCUT2D eigenvalue weighted by Crippen LogP contribution is 2.23. The number of carbonyl (C=O) groups excluding carboxylic acids is 1. The van der Waals surface area contributed by atoms with Gasteiger partial charge in [-0.1, -0.05) is 26.0 Å². The summed E-state index contributed by atoms with van der Waals surface area (Å²) in [5.41, 5.74) is 0.487. The summed E-state index contributed by atoms with van der Waals surface area (Å²) < 4.78 is 39.6. The second kappa shape index (κ2) is 6.64. The van der Waals surface area contributed by atoms with Gasteiger partial charge in [-0.05, 0) is 35.7 Å². The smallest absolute Gasteiger partial charge is 0.254 e. The van der Waals surface area contributed by atoms with Crippen LogP contribution < -0.4 is 5.32 Å². The minimum atomic E-state index is -0.917. The maximum atomic E-state index is 13.7. The van der Waals surface area contributed by atoms with E-state index in [0.29, 0.717) is 11.6 Å². The van der Waals surface area contributed by atoms with E-state index in [4.69, 9.17) is 0 Å². The Bertz CT molecular complexity index is 668. The van der Waals surface area contributed by atoms with Crippen LogP contribution in [0, 0.1) is 23.4 Å². The number of nitrogens with one attached hydrogen (secondary N) is 1. The summed E-state index contributed by atoms with van der Waals surface area (Å²) >= 11 is 0. The highest BCUT2D eigenvalue weighted by Gasteiger charge is 2.21. The van der Waals surface area contributed by atoms with Gasteiger partial charge in [-0.3, -0.25) is 4.79 Å². The lowest BCUT2D eigenvalue weighted by Crippen LogP contribution is -2.32. The molecule has 0 aliphatic heterocycles. The third kappa shape index (κ3) is 3.67. The maximum Gasteiger partial charge on any atom is 0.254 e. The number of carbonyl (C=O) groups is 1. The van der Waals surface area contributed by atoms with E-state index in [1.54, 1.807) is 12.1 Å². The number of amides is 1. The van der Waals surface area contributed by atoms with Crippen LogP contribution in [0.15, 0.2) is 42.5 Å². The Labute approximate surface area is 127 Å². The van der Waals surface area contributed by atoms with Gasteiger partial charge in [0.2, 0.25) is 0 Å². The first-order valence-electron chi connectivity index (χ1n) is 6.90. The van der Waals surface area contributed by atoms with Crippen molar-refractivity contribution in [3.63, 3.8) is 0 Å². The summed E-state index contributed by atoms with van der Waals surface area (Å²) in [4.78, 5) is 12.2. The van der Waals surface area contributed by atoms with Crippen LogP contribution in [0.4, 0.5) is 13.2 Å². The molecule has 2 aromatic carbocycles. The van der Waals surface area contributed by atoms with Crippen LogP contribution in [0.1, 0.15) is 35.8 Å². The number of halogens is 3. The van der Waals surface area contributed by atoms with Gasteiger partial charge in [-0.15, -0.1) is 0 Å². The van der Waals surface area contributed by atoms with Gasteiger partial charge in [0, 0.05) is 6.07 Å². The van der Waals surface area contributed by atoms with Crippen LogP contribution in [0.2, 0.25) is 0 Å². The van der Waals surface area contributed by atoms with Gasteiger partial charge in [0.15, 0.2) is 0 Å². The number of hydrogen-bond acceptors (Lipinski definition) is 1. The average molecular weight is 307 g/mol. The third-order valence-electron chi connectivity index (χ3n) is 3.36. The van der Waals surface area contributed by atoms with Crippen molar-refractivity contribution >= 4 is 5.91 Å². The molecule has 2 aromatic rings. The predicted octanol–water partition coefficient (Wildman–Crippen LogP) is 4.23. The molecule has 0 saturated heterocycles. The van der Waals surface area contributed by atoms with Gasteiger partial charge in [-0.2, -0.15) is 0 Å². The third-order valence-corrected chi connectivity index (χ3v) is 3.36. The number of benzene rings is 2. The normalized spacial score (nSPS) is 12.3. The zero-order valence-corrected chi connectivity index (χ0v) is 12.2. The van der Waals surface area contributed by atoms with Gasteiger partial charge in [0.1, 0.15) is 17.5 Å². The number of hydrogen-bond donors (Lipinski definition) is 1. The Morgan fingerprint density at radius 2 is 1.55 bits per heavy atom. The topological polar surface area (TPSA) is 29.1 Å². The molecule has 2 nitrogen and oxygen atoms in total. The molecule has 1 unspecified atom stereocenters. The second-order valence-electron chi connectivity index (χ2n) is 5.37. The monoisotopic (exact) mass is 307 g/mol. The minimum Gasteiger partial charge on any atom is -0.345 e. The van der Waals surface area contributed by atoms with E-state index in [2.05, 4.69) is 5.32 Å². The molecule has 1 amide bonds. The van der Waals surface area contributed by atoms with E-state index in [1.807, 2.05) is 13.8 Å². The van der Waals surface area contributed by atoms with Crippen molar-refractivity contribution in [1.29, 1.82) is 0 Å². The molecule has 0 fully saturated rings. The molecular formula is C17H16F3NO. The van der Waals surface area contributed by atoms with Gasteiger partial charge in [0.25, 0.3) is 5.91 Å². The average Bonchev–Trinajstić information content (AvgIpc) is 2.45. The SMILES string of the molecule is CC(C)C(NC(=O)c1ccc(F)cc1F)c1ccc(F)cc1. The molecule has 2 rings (SSSR count). The Hall–Kier alpha value is -2.30. The van der Waals surface area contributed by atoms with Crippen molar-refractivity contribution in [1.82, 2.24) is 5.32 Å². The van der Waals surface area contributed by atoms with Gasteiger partial charge in [-0.25, -0.2) is 13.2 Å². The Morgan fingerprint density at radius 1 is 0.955 bits per heavy atom. The van der Waals surface area contributed by atoms with E-state index in [0.717, 1.165) is 12.1 Å². The molecule has 0 aromatic heterocycles. The molecule has 22 heavy (non-hydrogen) atoms. The summed E-state index contributed by atoms with van der Waals surface area (Å²) in [6.07, 6.45) is 0. The van der Waals surface area contributed by atoms with Crippen molar-refractivity contribution in [2.75, 3.05) is 0 Å². The minimum absolute atomic E-state index is 0.0120. The molecule has 0 spiro atoms. The fraction of sp³-hybridized carbons (Fsp3) is 0.235. The second-order valence-corrected chi connectivity index (χ2v) is 5.37. The number of rotatable bonds is 4. The molecule has 5 heteroatoms. The largest absolute Gasteiger partial charge is 0.345 e. The zero-order chi connectivity index (χ0) is 16.3. The standard InChI is InChI=1S/C17H16F3NO/c1-10(2)16(11-3-5-12(18)6-4-11)21-17(22)14-8-7-13(19)9-15(14)20/h3-10,16H,1-2H3,(H,21,22). The van der Waals surface area contributed by atoms with Gasteiger partial charge < -0.3 is 5.32 Å². The molecular weight excluding hydrogens is 291 g/mol. The first-order valence-corrected chi connectivity index (χ1v) is 6.90. The highest BCUT2D eigenvalue weighted by atomic mass is 19.1. The van der Waals surface area contributed by atoms with E-state index in [9.17, 15) is 18.0 Å². The summed E-state index contributed by atoms with van der Waals surface area (Å²) in [6, 6.07) is 8.13.